The molecule has 0 aliphatic heterocycles. The van der Waals surface area contributed by atoms with Gasteiger partial charge in [-0.3, -0.25) is 14.9 Å². The molecule has 3 aromatic carbocycles. The number of hydrogen-bond acceptors (Lipinski definition) is 5. The molecule has 1 N–H and O–H groups in total. The Bertz CT molecular complexity index is 1100. The van der Waals surface area contributed by atoms with Gasteiger partial charge in [-0.15, -0.1) is 0 Å². The standard InChI is InChI=1S/C23H20FN3O4/c1-15-11-18(12-16(2)22(15)31-14-17-3-7-20(24)8-4-17)13-25-26-23(28)19-5-9-21(10-6-19)27(29)30/h3-13H,14H2,1-2H3,(H,26,28)/b25-13-. The number of carbonyl (C=O) groups excluding carboxylic acids is 1. The molecule has 7 nitrogen and oxygen atoms in total. The van der Waals surface area contributed by atoms with E-state index in [-0.39, 0.29) is 17.1 Å². The molecule has 0 aromatic heterocycles. The fourth-order valence-corrected chi connectivity index (χ4v) is 2.99. The number of halogens is 1. The average Bonchev–Trinajstić information content (AvgIpc) is 2.74. The largest absolute Gasteiger partial charge is 0.488 e. The zero-order valence-corrected chi connectivity index (χ0v) is 17.0. The summed E-state index contributed by atoms with van der Waals surface area (Å²) in [6.07, 6.45) is 1.51. The van der Waals surface area contributed by atoms with Crippen molar-refractivity contribution in [2.24, 2.45) is 5.10 Å². The summed E-state index contributed by atoms with van der Waals surface area (Å²) in [5, 5.41) is 14.6. The lowest BCUT2D eigenvalue weighted by Gasteiger charge is -2.13. The molecule has 158 valence electrons. The fourth-order valence-electron chi connectivity index (χ4n) is 2.99. The third kappa shape index (κ3) is 5.72. The second-order valence-corrected chi connectivity index (χ2v) is 6.90. The van der Waals surface area contributed by atoms with Crippen LogP contribution < -0.4 is 10.2 Å². The van der Waals surface area contributed by atoms with Gasteiger partial charge in [0.05, 0.1) is 11.1 Å². The topological polar surface area (TPSA) is 93.8 Å². The zero-order valence-electron chi connectivity index (χ0n) is 17.0. The number of nitrogens with one attached hydrogen (secondary N) is 1. The summed E-state index contributed by atoms with van der Waals surface area (Å²) in [6.45, 7) is 4.13. The number of benzene rings is 3. The van der Waals surface area contributed by atoms with Crippen LogP contribution in [-0.4, -0.2) is 17.0 Å². The summed E-state index contributed by atoms with van der Waals surface area (Å²) >= 11 is 0. The first-order chi connectivity index (χ1) is 14.8. The molecular formula is C23H20FN3O4. The van der Waals surface area contributed by atoms with Crippen LogP contribution in [0, 0.1) is 29.8 Å². The van der Waals surface area contributed by atoms with Gasteiger partial charge in [-0.2, -0.15) is 5.10 Å². The van der Waals surface area contributed by atoms with Crippen LogP contribution in [0.25, 0.3) is 0 Å². The summed E-state index contributed by atoms with van der Waals surface area (Å²) < 4.78 is 18.9. The average molecular weight is 421 g/mol. The molecular weight excluding hydrogens is 401 g/mol. The Labute approximate surface area is 178 Å². The minimum Gasteiger partial charge on any atom is -0.488 e. The number of nitro groups is 1. The van der Waals surface area contributed by atoms with Gasteiger partial charge in [0.2, 0.25) is 0 Å². The monoisotopic (exact) mass is 421 g/mol. The molecule has 31 heavy (non-hydrogen) atoms. The summed E-state index contributed by atoms with van der Waals surface area (Å²) in [7, 11) is 0. The number of nitro benzene ring substituents is 1. The number of hydrogen-bond donors (Lipinski definition) is 1. The minimum atomic E-state index is -0.530. The van der Waals surface area contributed by atoms with Crippen molar-refractivity contribution in [3.05, 3.63) is 104 Å². The molecule has 0 radical (unpaired) electrons. The van der Waals surface area contributed by atoms with E-state index < -0.39 is 10.8 Å². The van der Waals surface area contributed by atoms with Crippen molar-refractivity contribution in [2.75, 3.05) is 0 Å². The van der Waals surface area contributed by atoms with Crippen molar-refractivity contribution in [1.29, 1.82) is 0 Å². The molecule has 3 rings (SSSR count). The number of ether oxygens (including phenoxy) is 1. The highest BCUT2D eigenvalue weighted by Crippen LogP contribution is 2.25. The third-order valence-electron chi connectivity index (χ3n) is 4.50. The second-order valence-electron chi connectivity index (χ2n) is 6.90. The number of rotatable bonds is 7. The van der Waals surface area contributed by atoms with Crippen molar-refractivity contribution in [3.8, 4) is 5.75 Å². The molecule has 0 atom stereocenters. The quantitative estimate of drug-likeness (QED) is 0.340. The first-order valence-corrected chi connectivity index (χ1v) is 9.40. The second kappa shape index (κ2) is 9.62. The Morgan fingerprint density at radius 3 is 2.29 bits per heavy atom. The van der Waals surface area contributed by atoms with Gasteiger partial charge in [0.15, 0.2) is 0 Å². The Kier molecular flexibility index (Phi) is 6.71. The maximum atomic E-state index is 13.0. The van der Waals surface area contributed by atoms with Gasteiger partial charge in [-0.25, -0.2) is 9.82 Å². The van der Waals surface area contributed by atoms with Crippen molar-refractivity contribution < 1.29 is 18.8 Å². The van der Waals surface area contributed by atoms with E-state index in [1.54, 1.807) is 12.1 Å². The van der Waals surface area contributed by atoms with Crippen LogP contribution in [0.1, 0.15) is 32.6 Å². The molecule has 0 saturated carbocycles. The van der Waals surface area contributed by atoms with E-state index in [1.807, 2.05) is 26.0 Å². The maximum absolute atomic E-state index is 13.0. The zero-order chi connectivity index (χ0) is 22.4. The highest BCUT2D eigenvalue weighted by molar-refractivity contribution is 5.95. The summed E-state index contributed by atoms with van der Waals surface area (Å²) in [5.74, 6) is -0.0318. The van der Waals surface area contributed by atoms with E-state index in [9.17, 15) is 19.3 Å². The van der Waals surface area contributed by atoms with Gasteiger partial charge in [0, 0.05) is 17.7 Å². The lowest BCUT2D eigenvalue weighted by Crippen LogP contribution is -2.17. The normalized spacial score (nSPS) is 10.8. The van der Waals surface area contributed by atoms with Gasteiger partial charge in [0.1, 0.15) is 18.2 Å². The molecule has 0 bridgehead atoms. The van der Waals surface area contributed by atoms with Crippen LogP contribution in [0.15, 0.2) is 65.8 Å². The number of hydrazone groups is 1. The van der Waals surface area contributed by atoms with Gasteiger partial charge < -0.3 is 4.74 Å². The van der Waals surface area contributed by atoms with Crippen LogP contribution in [0.3, 0.4) is 0 Å². The lowest BCUT2D eigenvalue weighted by atomic mass is 10.1. The third-order valence-corrected chi connectivity index (χ3v) is 4.50. The summed E-state index contributed by atoms with van der Waals surface area (Å²) in [6, 6.07) is 15.1. The van der Waals surface area contributed by atoms with E-state index in [1.165, 1.54) is 42.6 Å². The molecule has 0 aliphatic rings. The van der Waals surface area contributed by atoms with Crippen molar-refractivity contribution in [3.63, 3.8) is 0 Å². The molecule has 3 aromatic rings. The van der Waals surface area contributed by atoms with E-state index >= 15 is 0 Å². The van der Waals surface area contributed by atoms with Crippen LogP contribution in [0.4, 0.5) is 10.1 Å². The minimum absolute atomic E-state index is 0.0901. The molecule has 0 aliphatic carbocycles. The molecule has 0 unspecified atom stereocenters. The lowest BCUT2D eigenvalue weighted by molar-refractivity contribution is -0.384. The van der Waals surface area contributed by atoms with E-state index in [2.05, 4.69) is 10.5 Å². The van der Waals surface area contributed by atoms with E-state index in [4.69, 9.17) is 4.74 Å². The Morgan fingerprint density at radius 2 is 1.71 bits per heavy atom. The molecule has 0 saturated heterocycles. The van der Waals surface area contributed by atoms with Crippen molar-refractivity contribution >= 4 is 17.8 Å². The predicted octanol–water partition coefficient (Wildman–Crippen LogP) is 4.69. The Balaban J connectivity index is 1.62. The van der Waals surface area contributed by atoms with E-state index in [0.29, 0.717) is 6.61 Å². The summed E-state index contributed by atoms with van der Waals surface area (Å²) in [4.78, 5) is 22.3. The highest BCUT2D eigenvalue weighted by atomic mass is 19.1. The number of nitrogens with zero attached hydrogens (tertiary/aromatic N) is 2. The molecule has 0 spiro atoms. The van der Waals surface area contributed by atoms with Crippen molar-refractivity contribution in [2.45, 2.75) is 20.5 Å². The number of amides is 1. The smallest absolute Gasteiger partial charge is 0.271 e. The highest BCUT2D eigenvalue weighted by Gasteiger charge is 2.09. The van der Waals surface area contributed by atoms with Crippen molar-refractivity contribution in [1.82, 2.24) is 5.43 Å². The van der Waals surface area contributed by atoms with Gasteiger partial charge in [-0.1, -0.05) is 12.1 Å². The Morgan fingerprint density at radius 1 is 1.10 bits per heavy atom. The van der Waals surface area contributed by atoms with Gasteiger partial charge in [-0.05, 0) is 72.5 Å². The maximum Gasteiger partial charge on any atom is 0.271 e. The van der Waals surface area contributed by atoms with Crippen LogP contribution in [0.5, 0.6) is 5.75 Å². The summed E-state index contributed by atoms with van der Waals surface area (Å²) in [5.41, 5.74) is 5.99. The molecule has 0 fully saturated rings. The number of non-ortho nitro benzene ring substituents is 1. The number of carbonyl (C=O) groups is 1. The van der Waals surface area contributed by atoms with Gasteiger partial charge >= 0.3 is 0 Å². The molecule has 1 amide bonds. The predicted molar refractivity (Wildman–Crippen MR) is 115 cm³/mol. The molecule has 0 heterocycles. The molecule has 8 heteroatoms. The Hall–Kier alpha value is -4.07. The van der Waals surface area contributed by atoms with Gasteiger partial charge in [0.25, 0.3) is 11.6 Å². The number of aryl methyl sites for hydroxylation is 2. The van der Waals surface area contributed by atoms with Crippen LogP contribution in [0.2, 0.25) is 0 Å². The van der Waals surface area contributed by atoms with Crippen LogP contribution >= 0.6 is 0 Å². The van der Waals surface area contributed by atoms with E-state index in [0.717, 1.165) is 28.0 Å². The first-order valence-electron chi connectivity index (χ1n) is 9.40. The SMILES string of the molecule is Cc1cc(/C=N\NC(=O)c2ccc([N+](=O)[O-])cc2)cc(C)c1OCc1ccc(F)cc1. The van der Waals surface area contributed by atoms with Crippen LogP contribution in [-0.2, 0) is 6.61 Å². The first kappa shape index (κ1) is 21.6. The fraction of sp³-hybridized carbons (Fsp3) is 0.130.